The van der Waals surface area contributed by atoms with Crippen LogP contribution in [0, 0.1) is 5.82 Å². The smallest absolute Gasteiger partial charge is 0.339 e. The molecule has 1 heterocycles. The number of rotatable bonds is 9. The number of tetrazole rings is 1. The molecule has 0 radical (unpaired) electrons. The highest BCUT2D eigenvalue weighted by Crippen LogP contribution is 2.26. The van der Waals surface area contributed by atoms with Gasteiger partial charge in [0.25, 0.3) is 5.91 Å². The number of anilines is 1. The van der Waals surface area contributed by atoms with Gasteiger partial charge in [-0.1, -0.05) is 41.9 Å². The van der Waals surface area contributed by atoms with E-state index in [-0.39, 0.29) is 33.3 Å². The van der Waals surface area contributed by atoms with Gasteiger partial charge in [-0.2, -0.15) is 0 Å². The summed E-state index contributed by atoms with van der Waals surface area (Å²) in [6, 6.07) is 14.1. The Balaban J connectivity index is 1.59. The summed E-state index contributed by atoms with van der Waals surface area (Å²) in [5, 5.41) is 25.6. The molecule has 2 amide bonds. The maximum atomic E-state index is 14.8. The van der Waals surface area contributed by atoms with Crippen molar-refractivity contribution < 1.29 is 28.6 Å². The molecule has 3 aromatic carbocycles. The van der Waals surface area contributed by atoms with Crippen molar-refractivity contribution in [1.82, 2.24) is 25.5 Å². The number of hydrogen-bond donors (Lipinski definition) is 3. The Labute approximate surface area is 225 Å². The van der Waals surface area contributed by atoms with E-state index in [1.165, 1.54) is 49.8 Å². The fraction of sp³-hybridized carbons (Fsp3) is 0.0769. The molecule has 0 saturated heterocycles. The van der Waals surface area contributed by atoms with E-state index in [2.05, 4.69) is 26.0 Å². The topological polar surface area (TPSA) is 148 Å². The number of aromatic carboxylic acids is 1. The van der Waals surface area contributed by atoms with Gasteiger partial charge in [-0.3, -0.25) is 9.59 Å². The fourth-order valence-corrected chi connectivity index (χ4v) is 3.79. The predicted octanol–water partition coefficient (Wildman–Crippen LogP) is 3.67. The molecule has 13 heteroatoms. The first-order chi connectivity index (χ1) is 18.8. The van der Waals surface area contributed by atoms with E-state index in [1.54, 1.807) is 30.3 Å². The van der Waals surface area contributed by atoms with Crippen molar-refractivity contribution in [3.8, 4) is 11.4 Å². The third-order valence-electron chi connectivity index (χ3n) is 5.46. The number of ether oxygens (including phenoxy) is 1. The number of nitrogens with one attached hydrogen (secondary N) is 2. The van der Waals surface area contributed by atoms with Gasteiger partial charge in [0.1, 0.15) is 17.4 Å². The predicted molar refractivity (Wildman–Crippen MR) is 139 cm³/mol. The monoisotopic (exact) mass is 550 g/mol. The van der Waals surface area contributed by atoms with Crippen LogP contribution in [0.15, 0.2) is 73.1 Å². The Bertz CT molecular complexity index is 1550. The van der Waals surface area contributed by atoms with Crippen LogP contribution in [-0.4, -0.2) is 50.2 Å². The Morgan fingerprint density at radius 2 is 1.90 bits per heavy atom. The van der Waals surface area contributed by atoms with Gasteiger partial charge in [-0.25, -0.2) is 9.18 Å². The molecule has 0 aliphatic carbocycles. The van der Waals surface area contributed by atoms with Crippen LogP contribution < -0.4 is 15.4 Å². The number of hydrogen-bond acceptors (Lipinski definition) is 7. The number of nitrogens with zero attached hydrogens (tertiary/aromatic N) is 4. The molecule has 0 fully saturated rings. The Kier molecular flexibility index (Phi) is 8.27. The van der Waals surface area contributed by atoms with Crippen molar-refractivity contribution in [3.05, 3.63) is 101 Å². The van der Waals surface area contributed by atoms with Crippen LogP contribution in [0.4, 0.5) is 10.1 Å². The van der Waals surface area contributed by atoms with Crippen LogP contribution >= 0.6 is 11.6 Å². The average Bonchev–Trinajstić information content (AvgIpc) is 3.47. The highest BCUT2D eigenvalue weighted by atomic mass is 35.5. The molecule has 0 spiro atoms. The lowest BCUT2D eigenvalue weighted by Crippen LogP contribution is -2.36. The van der Waals surface area contributed by atoms with Gasteiger partial charge in [0, 0.05) is 23.4 Å². The molecule has 11 nitrogen and oxygen atoms in total. The molecule has 1 atom stereocenters. The minimum Gasteiger partial charge on any atom is -0.496 e. The number of amides is 2. The third kappa shape index (κ3) is 6.25. The highest BCUT2D eigenvalue weighted by molar-refractivity contribution is 6.31. The molecule has 1 aromatic heterocycles. The second-order valence-corrected chi connectivity index (χ2v) is 8.32. The second-order valence-electron chi connectivity index (χ2n) is 7.91. The Morgan fingerprint density at radius 1 is 1.13 bits per heavy atom. The number of methoxy groups -OCH3 is 1. The largest absolute Gasteiger partial charge is 0.496 e. The second kappa shape index (κ2) is 12.0. The molecule has 0 aliphatic rings. The lowest BCUT2D eigenvalue weighted by molar-refractivity contribution is -0.123. The molecular weight excluding hydrogens is 531 g/mol. The van der Waals surface area contributed by atoms with Crippen molar-refractivity contribution in [2.24, 2.45) is 0 Å². The SMILES string of the molecule is COc1cc(NC(=O)C(NC(=O)C=Cc2c(-n3ncnn3)ccc(Cl)c2F)c2ccccc2)ccc1C(=O)O. The van der Waals surface area contributed by atoms with E-state index in [9.17, 15) is 23.9 Å². The normalized spacial score (nSPS) is 11.7. The molecule has 0 aliphatic heterocycles. The third-order valence-corrected chi connectivity index (χ3v) is 5.75. The quantitative estimate of drug-likeness (QED) is 0.267. The zero-order valence-electron chi connectivity index (χ0n) is 20.2. The first kappa shape index (κ1) is 26.9. The molecule has 39 heavy (non-hydrogen) atoms. The summed E-state index contributed by atoms with van der Waals surface area (Å²) in [5.74, 6) is -3.27. The fourth-order valence-electron chi connectivity index (χ4n) is 3.62. The van der Waals surface area contributed by atoms with Gasteiger partial charge in [-0.05, 0) is 41.1 Å². The zero-order valence-corrected chi connectivity index (χ0v) is 21.0. The van der Waals surface area contributed by atoms with Crippen LogP contribution in [0.1, 0.15) is 27.5 Å². The van der Waals surface area contributed by atoms with Crippen LogP contribution in [0.25, 0.3) is 11.8 Å². The van der Waals surface area contributed by atoms with Gasteiger partial charge in [0.2, 0.25) is 5.91 Å². The number of carbonyl (C=O) groups is 3. The maximum absolute atomic E-state index is 14.8. The average molecular weight is 551 g/mol. The lowest BCUT2D eigenvalue weighted by Gasteiger charge is -2.19. The van der Waals surface area contributed by atoms with Crippen molar-refractivity contribution >= 4 is 41.1 Å². The lowest BCUT2D eigenvalue weighted by atomic mass is 10.1. The van der Waals surface area contributed by atoms with Crippen molar-refractivity contribution in [2.45, 2.75) is 6.04 Å². The van der Waals surface area contributed by atoms with Gasteiger partial charge >= 0.3 is 5.97 Å². The molecule has 0 saturated carbocycles. The van der Waals surface area contributed by atoms with Gasteiger partial charge in [0.15, 0.2) is 12.1 Å². The number of carbonyl (C=O) groups excluding carboxylic acids is 2. The number of benzene rings is 3. The molecule has 4 rings (SSSR count). The van der Waals surface area contributed by atoms with Crippen LogP contribution in [0.2, 0.25) is 5.02 Å². The van der Waals surface area contributed by atoms with E-state index in [0.29, 0.717) is 5.56 Å². The van der Waals surface area contributed by atoms with Crippen molar-refractivity contribution in [1.29, 1.82) is 0 Å². The molecule has 1 unspecified atom stereocenters. The van der Waals surface area contributed by atoms with E-state index >= 15 is 0 Å². The Hall–Kier alpha value is -5.10. The van der Waals surface area contributed by atoms with E-state index in [4.69, 9.17) is 16.3 Å². The van der Waals surface area contributed by atoms with Crippen molar-refractivity contribution in [2.75, 3.05) is 12.4 Å². The van der Waals surface area contributed by atoms with Gasteiger partial charge in [-0.15, -0.1) is 15.0 Å². The van der Waals surface area contributed by atoms with Gasteiger partial charge in [0.05, 0.1) is 17.8 Å². The minimum absolute atomic E-state index is 0.0461. The first-order valence-corrected chi connectivity index (χ1v) is 11.6. The van der Waals surface area contributed by atoms with E-state index in [0.717, 1.165) is 10.9 Å². The maximum Gasteiger partial charge on any atom is 0.339 e. The molecule has 4 aromatic rings. The van der Waals surface area contributed by atoms with E-state index < -0.39 is 29.6 Å². The number of carboxylic acid groups (broad SMARTS) is 1. The standard InChI is InChI=1S/C26H20ClFN6O5/c1-39-21-13-16(7-8-18(21)26(37)38)31-25(36)24(15-5-3-2-4-6-15)32-22(35)12-9-17-20(34-30-14-29-33-34)11-10-19(27)23(17)28/h2-14,24H,1H3,(H,31,36)(H,32,35)(H,37,38). The molecule has 3 N–H and O–H groups in total. The van der Waals surface area contributed by atoms with E-state index in [1.807, 2.05) is 0 Å². The first-order valence-electron chi connectivity index (χ1n) is 11.3. The van der Waals surface area contributed by atoms with Crippen LogP contribution in [-0.2, 0) is 9.59 Å². The summed E-state index contributed by atoms with van der Waals surface area (Å²) < 4.78 is 19.9. The number of aromatic nitrogens is 4. The highest BCUT2D eigenvalue weighted by Gasteiger charge is 2.23. The number of halogens is 2. The minimum atomic E-state index is -1.19. The summed E-state index contributed by atoms with van der Waals surface area (Å²) in [7, 11) is 1.31. The summed E-state index contributed by atoms with van der Waals surface area (Å²) in [6.07, 6.45) is 3.40. The van der Waals surface area contributed by atoms with Crippen LogP contribution in [0.3, 0.4) is 0 Å². The molecular formula is C26H20ClFN6O5. The van der Waals surface area contributed by atoms with Crippen LogP contribution in [0.5, 0.6) is 5.75 Å². The molecule has 0 bridgehead atoms. The Morgan fingerprint density at radius 3 is 2.56 bits per heavy atom. The summed E-state index contributed by atoms with van der Waals surface area (Å²) in [5.41, 5.74) is 0.754. The summed E-state index contributed by atoms with van der Waals surface area (Å²) >= 11 is 5.92. The van der Waals surface area contributed by atoms with Gasteiger partial charge < -0.3 is 20.5 Å². The number of carboxylic acids is 1. The summed E-state index contributed by atoms with van der Waals surface area (Å²) in [6.45, 7) is 0. The summed E-state index contributed by atoms with van der Waals surface area (Å²) in [4.78, 5) is 38.6. The molecule has 198 valence electrons. The zero-order chi connectivity index (χ0) is 27.9. The van der Waals surface area contributed by atoms with Crippen molar-refractivity contribution in [3.63, 3.8) is 0 Å².